The zero-order valence-corrected chi connectivity index (χ0v) is 15.5. The van der Waals surface area contributed by atoms with E-state index in [1.165, 1.54) is 30.5 Å². The van der Waals surface area contributed by atoms with E-state index in [-0.39, 0.29) is 6.04 Å². The summed E-state index contributed by atoms with van der Waals surface area (Å²) < 4.78 is 40.5. The predicted octanol–water partition coefficient (Wildman–Crippen LogP) is 4.80. The van der Waals surface area contributed by atoms with Crippen LogP contribution in [0.1, 0.15) is 55.0 Å². The average molecular weight is 378 g/mol. The third kappa shape index (κ3) is 3.57. The van der Waals surface area contributed by atoms with Crippen molar-refractivity contribution in [3.63, 3.8) is 0 Å². The van der Waals surface area contributed by atoms with Crippen LogP contribution >= 0.6 is 0 Å². The van der Waals surface area contributed by atoms with E-state index in [2.05, 4.69) is 17.3 Å². The Hall–Kier alpha value is -2.02. The Morgan fingerprint density at radius 3 is 2.56 bits per heavy atom. The van der Waals surface area contributed by atoms with Gasteiger partial charge in [-0.3, -0.25) is 4.90 Å². The van der Waals surface area contributed by atoms with Crippen LogP contribution in [0.15, 0.2) is 24.3 Å². The number of aromatic nitrogens is 2. The Labute approximate surface area is 157 Å². The maximum absolute atomic E-state index is 12.9. The quantitative estimate of drug-likeness (QED) is 0.815. The van der Waals surface area contributed by atoms with Gasteiger partial charge in [0.15, 0.2) is 0 Å². The molecule has 2 aliphatic heterocycles. The first-order valence-corrected chi connectivity index (χ1v) is 9.68. The van der Waals surface area contributed by atoms with Gasteiger partial charge in [0.05, 0.1) is 23.0 Å². The third-order valence-electron chi connectivity index (χ3n) is 5.69. The molecular weight excluding hydrogens is 353 g/mol. The minimum absolute atomic E-state index is 0.281. The van der Waals surface area contributed by atoms with Gasteiger partial charge in [-0.2, -0.15) is 18.3 Å². The van der Waals surface area contributed by atoms with E-state index in [0.29, 0.717) is 5.69 Å². The van der Waals surface area contributed by atoms with Crippen molar-refractivity contribution < 1.29 is 13.2 Å². The Morgan fingerprint density at radius 1 is 1.07 bits per heavy atom. The molecule has 1 N–H and O–H groups in total. The first-order chi connectivity index (χ1) is 12.9. The maximum Gasteiger partial charge on any atom is 0.416 e. The zero-order chi connectivity index (χ0) is 19.0. The van der Waals surface area contributed by atoms with Crippen molar-refractivity contribution in [2.75, 3.05) is 25.5 Å². The summed E-state index contributed by atoms with van der Waals surface area (Å²) in [5.41, 5.74) is 2.34. The lowest BCUT2D eigenvalue weighted by Gasteiger charge is -2.31. The molecule has 4 nitrogen and oxygen atoms in total. The van der Waals surface area contributed by atoms with Crippen LogP contribution in [0.2, 0.25) is 0 Å². The fourth-order valence-corrected chi connectivity index (χ4v) is 4.20. The number of rotatable bonds is 2. The monoisotopic (exact) mass is 378 g/mol. The number of halogens is 3. The van der Waals surface area contributed by atoms with Crippen molar-refractivity contribution in [1.29, 1.82) is 0 Å². The Balaban J connectivity index is 1.76. The molecule has 0 saturated carbocycles. The van der Waals surface area contributed by atoms with Gasteiger partial charge in [-0.1, -0.05) is 6.42 Å². The van der Waals surface area contributed by atoms with E-state index in [1.807, 2.05) is 0 Å². The maximum atomic E-state index is 12.9. The molecule has 2 aromatic rings. The highest BCUT2D eigenvalue weighted by molar-refractivity contribution is 5.55. The van der Waals surface area contributed by atoms with Crippen LogP contribution < -0.4 is 5.32 Å². The summed E-state index contributed by atoms with van der Waals surface area (Å²) in [7, 11) is 2.14. The molecule has 0 spiro atoms. The highest BCUT2D eigenvalue weighted by Gasteiger charge is 2.32. The number of nitrogens with one attached hydrogen (secondary N) is 1. The van der Waals surface area contributed by atoms with E-state index < -0.39 is 11.7 Å². The molecule has 1 saturated heterocycles. The minimum Gasteiger partial charge on any atom is -0.370 e. The number of nitrogens with zero attached hydrogens (tertiary/aromatic N) is 3. The van der Waals surface area contributed by atoms with Crippen LogP contribution in [0.5, 0.6) is 0 Å². The number of anilines is 1. The zero-order valence-electron chi connectivity index (χ0n) is 15.5. The van der Waals surface area contributed by atoms with Crippen LogP contribution in [-0.4, -0.2) is 34.8 Å². The molecule has 1 aromatic heterocycles. The summed E-state index contributed by atoms with van der Waals surface area (Å²) in [5, 5.41) is 8.37. The summed E-state index contributed by atoms with van der Waals surface area (Å²) >= 11 is 0. The van der Waals surface area contributed by atoms with Gasteiger partial charge in [0.2, 0.25) is 0 Å². The topological polar surface area (TPSA) is 33.1 Å². The number of benzene rings is 1. The third-order valence-corrected chi connectivity index (χ3v) is 5.69. The van der Waals surface area contributed by atoms with E-state index in [0.717, 1.165) is 62.4 Å². The largest absolute Gasteiger partial charge is 0.416 e. The van der Waals surface area contributed by atoms with Gasteiger partial charge < -0.3 is 5.32 Å². The van der Waals surface area contributed by atoms with Crippen molar-refractivity contribution in [3.8, 4) is 5.69 Å². The van der Waals surface area contributed by atoms with E-state index in [9.17, 15) is 13.2 Å². The van der Waals surface area contributed by atoms with Crippen LogP contribution in [0.3, 0.4) is 0 Å². The minimum atomic E-state index is -4.33. The molecule has 1 aromatic carbocycles. The molecule has 0 aliphatic carbocycles. The molecule has 27 heavy (non-hydrogen) atoms. The second-order valence-corrected chi connectivity index (χ2v) is 7.54. The normalized spacial score (nSPS) is 21.4. The lowest BCUT2D eigenvalue weighted by atomic mass is 9.96. The van der Waals surface area contributed by atoms with Gasteiger partial charge in [-0.05, 0) is 70.0 Å². The number of hydrogen-bond acceptors (Lipinski definition) is 3. The van der Waals surface area contributed by atoms with Crippen LogP contribution in [0.25, 0.3) is 5.69 Å². The molecule has 1 unspecified atom stereocenters. The van der Waals surface area contributed by atoms with Gasteiger partial charge in [0.1, 0.15) is 5.82 Å². The van der Waals surface area contributed by atoms with Crippen molar-refractivity contribution in [1.82, 2.24) is 14.7 Å². The molecule has 146 valence electrons. The van der Waals surface area contributed by atoms with E-state index in [4.69, 9.17) is 5.10 Å². The van der Waals surface area contributed by atoms with Crippen molar-refractivity contribution in [2.45, 2.75) is 50.7 Å². The first kappa shape index (κ1) is 18.3. The molecular formula is C20H25F3N4. The highest BCUT2D eigenvalue weighted by Crippen LogP contribution is 2.37. The van der Waals surface area contributed by atoms with Gasteiger partial charge in [-0.15, -0.1) is 0 Å². The van der Waals surface area contributed by atoms with E-state index >= 15 is 0 Å². The molecule has 2 aliphatic rings. The predicted molar refractivity (Wildman–Crippen MR) is 99.2 cm³/mol. The summed E-state index contributed by atoms with van der Waals surface area (Å²) in [6, 6.07) is 5.57. The number of piperidine rings is 1. The fraction of sp³-hybridized carbons (Fsp3) is 0.550. The fourth-order valence-electron chi connectivity index (χ4n) is 4.20. The van der Waals surface area contributed by atoms with Crippen LogP contribution in [0.4, 0.5) is 19.0 Å². The van der Waals surface area contributed by atoms with Crippen molar-refractivity contribution in [3.05, 3.63) is 41.1 Å². The number of fused-ring (bicyclic) bond motifs is 1. The van der Waals surface area contributed by atoms with E-state index in [1.54, 1.807) is 4.68 Å². The van der Waals surface area contributed by atoms with Crippen molar-refractivity contribution in [2.24, 2.45) is 0 Å². The molecule has 1 atom stereocenters. The Kier molecular flexibility index (Phi) is 4.88. The summed E-state index contributed by atoms with van der Waals surface area (Å²) in [5.74, 6) is 0.946. The number of hydrogen-bond donors (Lipinski definition) is 1. The molecule has 0 bridgehead atoms. The molecule has 1 fully saturated rings. The SMILES string of the molecule is CN1CCCCC1c1nn(-c2ccc(C(F)(F)F)cc2)c2c1CCCCN2. The van der Waals surface area contributed by atoms with Gasteiger partial charge in [0.25, 0.3) is 0 Å². The number of alkyl halides is 3. The van der Waals surface area contributed by atoms with Gasteiger partial charge in [0, 0.05) is 12.1 Å². The average Bonchev–Trinajstić information content (AvgIpc) is 2.83. The molecule has 7 heteroatoms. The van der Waals surface area contributed by atoms with Crippen molar-refractivity contribution >= 4 is 5.82 Å². The molecule has 0 amide bonds. The number of likely N-dealkylation sites (tertiary alicyclic amines) is 1. The molecule has 3 heterocycles. The standard InChI is InChI=1S/C20H25F3N4/c1-26-13-5-3-7-17(26)18-16-6-2-4-12-24-19(16)27(25-18)15-10-8-14(9-11-15)20(21,22)23/h8-11,17,24H,2-7,12-13H2,1H3. The second-order valence-electron chi connectivity index (χ2n) is 7.54. The first-order valence-electron chi connectivity index (χ1n) is 9.68. The summed E-state index contributed by atoms with van der Waals surface area (Å²) in [6.45, 7) is 1.92. The van der Waals surface area contributed by atoms with Gasteiger partial charge in [-0.25, -0.2) is 4.68 Å². The smallest absolute Gasteiger partial charge is 0.370 e. The van der Waals surface area contributed by atoms with Crippen LogP contribution in [-0.2, 0) is 12.6 Å². The lowest BCUT2D eigenvalue weighted by Crippen LogP contribution is -2.30. The second kappa shape index (κ2) is 7.19. The van der Waals surface area contributed by atoms with Crippen LogP contribution in [0, 0.1) is 0 Å². The van der Waals surface area contributed by atoms with Gasteiger partial charge >= 0.3 is 6.18 Å². The summed E-state index contributed by atoms with van der Waals surface area (Å²) in [6.07, 6.45) is 2.28. The molecule has 4 rings (SSSR count). The highest BCUT2D eigenvalue weighted by atomic mass is 19.4. The summed E-state index contributed by atoms with van der Waals surface area (Å²) in [4.78, 5) is 2.36. The lowest BCUT2D eigenvalue weighted by molar-refractivity contribution is -0.137. The Morgan fingerprint density at radius 2 is 1.85 bits per heavy atom. The Bertz CT molecular complexity index is 795. The molecule has 0 radical (unpaired) electrons.